The molecule has 0 aliphatic rings. The lowest BCUT2D eigenvalue weighted by Gasteiger charge is -2.06. The second-order valence-corrected chi connectivity index (χ2v) is 5.95. The zero-order valence-corrected chi connectivity index (χ0v) is 12.0. The molecule has 0 radical (unpaired) electrons. The van der Waals surface area contributed by atoms with E-state index < -0.39 is 10.1 Å². The highest BCUT2D eigenvalue weighted by Crippen LogP contribution is 2.15. The molecule has 0 atom stereocenters. The van der Waals surface area contributed by atoms with E-state index in [4.69, 9.17) is 4.18 Å². The Bertz CT molecular complexity index is 452. The first-order valence-electron chi connectivity index (χ1n) is 6.58. The van der Waals surface area contributed by atoms with E-state index in [1.54, 1.807) is 18.2 Å². The zero-order chi connectivity index (χ0) is 13.4. The summed E-state index contributed by atoms with van der Waals surface area (Å²) >= 11 is 0. The van der Waals surface area contributed by atoms with Crippen LogP contribution in [0.3, 0.4) is 0 Å². The van der Waals surface area contributed by atoms with Crippen LogP contribution >= 0.6 is 0 Å². The SMILES string of the molecule is CCCCCCOS(=O)(=O)c1cccc(CC)c1. The Hall–Kier alpha value is -0.870. The smallest absolute Gasteiger partial charge is 0.266 e. The Morgan fingerprint density at radius 2 is 1.89 bits per heavy atom. The van der Waals surface area contributed by atoms with Gasteiger partial charge in [-0.05, 0) is 30.5 Å². The van der Waals surface area contributed by atoms with Crippen LogP contribution in [0, 0.1) is 0 Å². The molecule has 0 unspecified atom stereocenters. The van der Waals surface area contributed by atoms with E-state index in [-0.39, 0.29) is 11.5 Å². The van der Waals surface area contributed by atoms with Gasteiger partial charge in [-0.15, -0.1) is 0 Å². The van der Waals surface area contributed by atoms with Gasteiger partial charge in [-0.3, -0.25) is 4.18 Å². The van der Waals surface area contributed by atoms with Crippen LogP contribution in [0.25, 0.3) is 0 Å². The summed E-state index contributed by atoms with van der Waals surface area (Å²) in [5.41, 5.74) is 1.01. The van der Waals surface area contributed by atoms with Gasteiger partial charge in [0.15, 0.2) is 0 Å². The van der Waals surface area contributed by atoms with Gasteiger partial charge >= 0.3 is 0 Å². The predicted molar refractivity (Wildman–Crippen MR) is 73.1 cm³/mol. The lowest BCUT2D eigenvalue weighted by Crippen LogP contribution is -2.08. The van der Waals surface area contributed by atoms with E-state index in [0.29, 0.717) is 0 Å². The molecule has 102 valence electrons. The highest BCUT2D eigenvalue weighted by atomic mass is 32.2. The molecule has 4 heteroatoms. The van der Waals surface area contributed by atoms with Crippen LogP contribution < -0.4 is 0 Å². The summed E-state index contributed by atoms with van der Waals surface area (Å²) in [5.74, 6) is 0. The summed E-state index contributed by atoms with van der Waals surface area (Å²) < 4.78 is 28.9. The number of rotatable bonds is 8. The molecule has 3 nitrogen and oxygen atoms in total. The van der Waals surface area contributed by atoms with Gasteiger partial charge in [-0.2, -0.15) is 8.42 Å². The Morgan fingerprint density at radius 1 is 1.11 bits per heavy atom. The third-order valence-electron chi connectivity index (χ3n) is 2.83. The molecule has 0 saturated carbocycles. The lowest BCUT2D eigenvalue weighted by atomic mass is 10.2. The van der Waals surface area contributed by atoms with Gasteiger partial charge in [0.05, 0.1) is 11.5 Å². The molecule has 0 fully saturated rings. The standard InChI is InChI=1S/C14H22O3S/c1-3-5-6-7-11-17-18(15,16)14-10-8-9-13(4-2)12-14/h8-10,12H,3-7,11H2,1-2H3. The molecule has 0 spiro atoms. The minimum Gasteiger partial charge on any atom is -0.266 e. The van der Waals surface area contributed by atoms with Crippen molar-refractivity contribution < 1.29 is 12.6 Å². The molecule has 0 amide bonds. The first-order valence-corrected chi connectivity index (χ1v) is 7.99. The highest BCUT2D eigenvalue weighted by Gasteiger charge is 2.14. The van der Waals surface area contributed by atoms with E-state index in [2.05, 4.69) is 6.92 Å². The van der Waals surface area contributed by atoms with Gasteiger partial charge in [0.25, 0.3) is 10.1 Å². The highest BCUT2D eigenvalue weighted by molar-refractivity contribution is 7.86. The Balaban J connectivity index is 2.57. The number of hydrogen-bond acceptors (Lipinski definition) is 3. The van der Waals surface area contributed by atoms with Crippen LogP contribution in [0.5, 0.6) is 0 Å². The van der Waals surface area contributed by atoms with E-state index in [9.17, 15) is 8.42 Å². The van der Waals surface area contributed by atoms with E-state index in [1.165, 1.54) is 0 Å². The van der Waals surface area contributed by atoms with Crippen molar-refractivity contribution in [1.82, 2.24) is 0 Å². The first kappa shape index (κ1) is 15.2. The maximum Gasteiger partial charge on any atom is 0.296 e. The zero-order valence-electron chi connectivity index (χ0n) is 11.2. The number of unbranched alkanes of at least 4 members (excludes halogenated alkanes) is 3. The summed E-state index contributed by atoms with van der Waals surface area (Å²) in [7, 11) is -3.58. The summed E-state index contributed by atoms with van der Waals surface area (Å²) in [5, 5.41) is 0. The fourth-order valence-electron chi connectivity index (χ4n) is 1.69. The van der Waals surface area contributed by atoms with Crippen molar-refractivity contribution in [1.29, 1.82) is 0 Å². The van der Waals surface area contributed by atoms with Gasteiger partial charge in [-0.1, -0.05) is 45.2 Å². The summed E-state index contributed by atoms with van der Waals surface area (Å²) in [4.78, 5) is 0.261. The normalized spacial score (nSPS) is 11.7. The molecule has 0 aliphatic heterocycles. The maximum atomic E-state index is 11.9. The quantitative estimate of drug-likeness (QED) is 0.536. The number of aryl methyl sites for hydroxylation is 1. The Labute approximate surface area is 110 Å². The van der Waals surface area contributed by atoms with Crippen LogP contribution in [0.2, 0.25) is 0 Å². The molecule has 0 aromatic heterocycles. The second kappa shape index (κ2) is 7.54. The molecule has 1 rings (SSSR count). The van der Waals surface area contributed by atoms with Gasteiger partial charge < -0.3 is 0 Å². The van der Waals surface area contributed by atoms with Crippen molar-refractivity contribution in [3.05, 3.63) is 29.8 Å². The molecule has 0 saturated heterocycles. The van der Waals surface area contributed by atoms with Crippen molar-refractivity contribution in [2.45, 2.75) is 50.8 Å². The fraction of sp³-hybridized carbons (Fsp3) is 0.571. The van der Waals surface area contributed by atoms with Crippen molar-refractivity contribution in [2.24, 2.45) is 0 Å². The molecule has 0 N–H and O–H groups in total. The van der Waals surface area contributed by atoms with Crippen molar-refractivity contribution in [3.8, 4) is 0 Å². The summed E-state index contributed by atoms with van der Waals surface area (Å²) in [6.45, 7) is 4.39. The van der Waals surface area contributed by atoms with Gasteiger partial charge in [0.1, 0.15) is 0 Å². The van der Waals surface area contributed by atoms with Gasteiger partial charge in [-0.25, -0.2) is 0 Å². The molecule has 0 aliphatic carbocycles. The van der Waals surface area contributed by atoms with Crippen LogP contribution in [0.1, 0.15) is 45.1 Å². The third kappa shape index (κ3) is 4.78. The monoisotopic (exact) mass is 270 g/mol. The average Bonchev–Trinajstić information content (AvgIpc) is 2.38. The lowest BCUT2D eigenvalue weighted by molar-refractivity contribution is 0.307. The topological polar surface area (TPSA) is 43.4 Å². The summed E-state index contributed by atoms with van der Waals surface area (Å²) in [6, 6.07) is 6.94. The average molecular weight is 270 g/mol. The molecule has 0 bridgehead atoms. The van der Waals surface area contributed by atoms with Crippen molar-refractivity contribution in [2.75, 3.05) is 6.61 Å². The van der Waals surface area contributed by atoms with Crippen LogP contribution in [0.4, 0.5) is 0 Å². The van der Waals surface area contributed by atoms with E-state index in [1.807, 2.05) is 13.0 Å². The maximum absolute atomic E-state index is 11.9. The molecule has 18 heavy (non-hydrogen) atoms. The van der Waals surface area contributed by atoms with Crippen molar-refractivity contribution in [3.63, 3.8) is 0 Å². The molecule has 1 aromatic rings. The van der Waals surface area contributed by atoms with Crippen LogP contribution in [-0.2, 0) is 20.7 Å². The molecular formula is C14H22O3S. The van der Waals surface area contributed by atoms with Gasteiger partial charge in [0.2, 0.25) is 0 Å². The second-order valence-electron chi connectivity index (χ2n) is 4.34. The first-order chi connectivity index (χ1) is 8.60. The number of benzene rings is 1. The van der Waals surface area contributed by atoms with E-state index in [0.717, 1.165) is 37.7 Å². The van der Waals surface area contributed by atoms with Crippen molar-refractivity contribution >= 4 is 10.1 Å². The van der Waals surface area contributed by atoms with Crippen LogP contribution in [-0.4, -0.2) is 15.0 Å². The van der Waals surface area contributed by atoms with Crippen LogP contribution in [0.15, 0.2) is 29.2 Å². The molecule has 1 aromatic carbocycles. The molecule has 0 heterocycles. The summed E-state index contributed by atoms with van der Waals surface area (Å²) in [6.07, 6.45) is 4.88. The third-order valence-corrected chi connectivity index (χ3v) is 4.14. The minimum absolute atomic E-state index is 0.261. The fourth-order valence-corrected chi connectivity index (χ4v) is 2.70. The Kier molecular flexibility index (Phi) is 6.36. The number of hydrogen-bond donors (Lipinski definition) is 0. The Morgan fingerprint density at radius 3 is 2.56 bits per heavy atom. The van der Waals surface area contributed by atoms with Gasteiger partial charge in [0, 0.05) is 0 Å². The largest absolute Gasteiger partial charge is 0.296 e. The molecular weight excluding hydrogens is 248 g/mol. The predicted octanol–water partition coefficient (Wildman–Crippen LogP) is 3.53. The van der Waals surface area contributed by atoms with E-state index >= 15 is 0 Å². The minimum atomic E-state index is -3.58.